The Morgan fingerprint density at radius 3 is 2.30 bits per heavy atom. The van der Waals surface area contributed by atoms with Crippen LogP contribution in [0.2, 0.25) is 0 Å². The largest absolute Gasteiger partial charge is 0.392 e. The van der Waals surface area contributed by atoms with Crippen LogP contribution in [-0.2, 0) is 13.0 Å². The van der Waals surface area contributed by atoms with Crippen molar-refractivity contribution in [3.05, 3.63) is 69.3 Å². The van der Waals surface area contributed by atoms with Crippen LogP contribution in [0.3, 0.4) is 0 Å². The molecule has 1 atom stereocenters. The van der Waals surface area contributed by atoms with Gasteiger partial charge in [-0.1, -0.05) is 13.8 Å². The highest BCUT2D eigenvalue weighted by Crippen LogP contribution is 2.34. The number of nitrogens with one attached hydrogen (secondary N) is 2. The van der Waals surface area contributed by atoms with Crippen molar-refractivity contribution in [3.8, 4) is 0 Å². The molecule has 2 aliphatic rings. The molecule has 2 aliphatic heterocycles. The third-order valence-electron chi connectivity index (χ3n) is 7.36. The lowest BCUT2D eigenvalue weighted by Gasteiger charge is -2.00. The minimum Gasteiger partial charge on any atom is -0.392 e. The summed E-state index contributed by atoms with van der Waals surface area (Å²) in [7, 11) is 0. The first-order valence-electron chi connectivity index (χ1n) is 11.8. The van der Waals surface area contributed by atoms with Crippen molar-refractivity contribution in [3.63, 3.8) is 0 Å². The second-order valence-electron chi connectivity index (χ2n) is 9.48. The Morgan fingerprint density at radius 2 is 1.58 bits per heavy atom. The summed E-state index contributed by atoms with van der Waals surface area (Å²) in [5.41, 5.74) is 15.1. The first-order valence-corrected chi connectivity index (χ1v) is 11.8. The van der Waals surface area contributed by atoms with Crippen LogP contribution in [0.5, 0.6) is 0 Å². The van der Waals surface area contributed by atoms with Gasteiger partial charge in [0.25, 0.3) is 0 Å². The minimum absolute atomic E-state index is 0.0160. The van der Waals surface area contributed by atoms with Crippen LogP contribution >= 0.6 is 0 Å². The molecule has 170 valence electrons. The summed E-state index contributed by atoms with van der Waals surface area (Å²) < 4.78 is 0. The Hall–Kier alpha value is -3.18. The normalized spacial score (nSPS) is 16.0. The Balaban J connectivity index is 1.97. The molecule has 8 bridgehead atoms. The number of aliphatic hydroxyl groups is 1. The van der Waals surface area contributed by atoms with Gasteiger partial charge < -0.3 is 15.1 Å². The standard InChI is InChI=1S/C28H32N4O/c1-7-19-16(4)26-12-28-20(13-33)17(5)25(32-28)10-21-14(2)8-23(29-21)18(6)24-9-15(3)22(30-24)11-27(19)31-26/h9-12,14,30,32-33H,7-8,13H2,1-6H3. The number of H-pyrrole nitrogens is 2. The van der Waals surface area contributed by atoms with E-state index in [1.165, 1.54) is 22.3 Å². The lowest BCUT2D eigenvalue weighted by Crippen LogP contribution is -1.90. The Bertz CT molecular complexity index is 1470. The number of aryl methyl sites for hydroxylation is 3. The molecular weight excluding hydrogens is 408 g/mol. The van der Waals surface area contributed by atoms with Crippen molar-refractivity contribution >= 4 is 33.2 Å². The molecule has 0 radical (unpaired) electrons. The van der Waals surface area contributed by atoms with Gasteiger partial charge in [0.05, 0.1) is 18.0 Å². The average molecular weight is 441 g/mol. The third kappa shape index (κ3) is 3.51. The number of hydrogen-bond donors (Lipinski definition) is 3. The van der Waals surface area contributed by atoms with E-state index >= 15 is 0 Å². The zero-order valence-electron chi connectivity index (χ0n) is 20.3. The number of hydrogen-bond acceptors (Lipinski definition) is 3. The van der Waals surface area contributed by atoms with Gasteiger partial charge in [-0.3, -0.25) is 4.98 Å². The van der Waals surface area contributed by atoms with Crippen molar-refractivity contribution in [1.82, 2.24) is 19.9 Å². The highest BCUT2D eigenvalue weighted by molar-refractivity contribution is 5.92. The topological polar surface area (TPSA) is 77.6 Å². The molecule has 0 fully saturated rings. The van der Waals surface area contributed by atoms with Crippen molar-refractivity contribution in [2.45, 2.75) is 66.9 Å². The van der Waals surface area contributed by atoms with Gasteiger partial charge in [0.15, 0.2) is 0 Å². The summed E-state index contributed by atoms with van der Waals surface area (Å²) in [6, 6.07) is 8.62. The molecule has 5 heterocycles. The molecule has 33 heavy (non-hydrogen) atoms. The first-order chi connectivity index (χ1) is 15.8. The van der Waals surface area contributed by atoms with E-state index in [1.54, 1.807) is 0 Å². The number of rotatable bonds is 2. The van der Waals surface area contributed by atoms with Gasteiger partial charge in [0, 0.05) is 44.9 Å². The molecule has 0 saturated carbocycles. The van der Waals surface area contributed by atoms with Crippen LogP contribution in [0.1, 0.15) is 78.1 Å². The Labute approximate surface area is 194 Å². The zero-order chi connectivity index (χ0) is 23.4. The maximum atomic E-state index is 10.1. The molecule has 3 aromatic rings. The van der Waals surface area contributed by atoms with E-state index in [9.17, 15) is 5.11 Å². The van der Waals surface area contributed by atoms with Crippen LogP contribution < -0.4 is 0 Å². The van der Waals surface area contributed by atoms with Gasteiger partial charge in [-0.15, -0.1) is 0 Å². The van der Waals surface area contributed by atoms with Crippen LogP contribution in [0, 0.1) is 20.8 Å². The first kappa shape index (κ1) is 21.7. The number of allylic oxidation sites excluding steroid dienone is 2. The monoisotopic (exact) mass is 440 g/mol. The van der Waals surface area contributed by atoms with E-state index in [2.05, 4.69) is 75.8 Å². The molecular formula is C28H32N4O. The molecule has 0 aliphatic carbocycles. The summed E-state index contributed by atoms with van der Waals surface area (Å²) in [6.45, 7) is 12.9. The van der Waals surface area contributed by atoms with Crippen molar-refractivity contribution in [2.75, 3.05) is 0 Å². The number of fused-ring (bicyclic) bond motifs is 8. The van der Waals surface area contributed by atoms with E-state index in [1.807, 2.05) is 0 Å². The number of aliphatic hydroxyl groups excluding tert-OH is 1. The van der Waals surface area contributed by atoms with Gasteiger partial charge in [0.1, 0.15) is 0 Å². The van der Waals surface area contributed by atoms with Crippen molar-refractivity contribution in [2.24, 2.45) is 0 Å². The number of aromatic nitrogens is 4. The van der Waals surface area contributed by atoms with Gasteiger partial charge in [-0.05, 0) is 92.6 Å². The summed E-state index contributed by atoms with van der Waals surface area (Å²) in [4.78, 5) is 17.2. The minimum atomic E-state index is -0.0160. The molecule has 5 heteroatoms. The second-order valence-corrected chi connectivity index (χ2v) is 9.48. The third-order valence-corrected chi connectivity index (χ3v) is 7.36. The molecule has 1 unspecified atom stereocenters. The molecule has 0 spiro atoms. The molecule has 0 saturated heterocycles. The average Bonchev–Trinajstić information content (AvgIpc) is 3.49. The van der Waals surface area contributed by atoms with Crippen molar-refractivity contribution in [1.29, 1.82) is 0 Å². The Kier molecular flexibility index (Phi) is 5.25. The molecule has 3 N–H and O–H groups in total. The van der Waals surface area contributed by atoms with E-state index in [4.69, 9.17) is 9.97 Å². The fraction of sp³-hybridized carbons (Fsp3) is 0.357. The Morgan fingerprint density at radius 1 is 0.879 bits per heavy atom. The highest BCUT2D eigenvalue weighted by atomic mass is 16.3. The van der Waals surface area contributed by atoms with E-state index in [0.717, 1.165) is 68.8 Å². The van der Waals surface area contributed by atoms with Crippen LogP contribution in [-0.4, -0.2) is 25.0 Å². The van der Waals surface area contributed by atoms with Crippen LogP contribution in [0.15, 0.2) is 24.3 Å². The lowest BCUT2D eigenvalue weighted by atomic mass is 10.0. The van der Waals surface area contributed by atoms with Gasteiger partial charge in [0.2, 0.25) is 0 Å². The zero-order valence-corrected chi connectivity index (χ0v) is 20.3. The number of aromatic amines is 2. The van der Waals surface area contributed by atoms with E-state index in [-0.39, 0.29) is 6.61 Å². The summed E-state index contributed by atoms with van der Waals surface area (Å²) in [5, 5.41) is 10.1. The van der Waals surface area contributed by atoms with Crippen molar-refractivity contribution < 1.29 is 5.11 Å². The van der Waals surface area contributed by atoms with E-state index in [0.29, 0.717) is 5.92 Å². The van der Waals surface area contributed by atoms with Gasteiger partial charge in [-0.2, -0.15) is 0 Å². The van der Waals surface area contributed by atoms with Gasteiger partial charge >= 0.3 is 0 Å². The molecule has 5 nitrogen and oxygen atoms in total. The highest BCUT2D eigenvalue weighted by Gasteiger charge is 2.20. The molecule has 5 rings (SSSR count). The predicted molar refractivity (Wildman–Crippen MR) is 136 cm³/mol. The molecule has 3 aromatic heterocycles. The fourth-order valence-corrected chi connectivity index (χ4v) is 5.10. The second kappa shape index (κ2) is 7.99. The number of nitrogens with zero attached hydrogens (tertiary/aromatic N) is 2. The smallest absolute Gasteiger partial charge is 0.0705 e. The lowest BCUT2D eigenvalue weighted by molar-refractivity contribution is 0.283. The fourth-order valence-electron chi connectivity index (χ4n) is 5.10. The summed E-state index contributed by atoms with van der Waals surface area (Å²) in [5.74, 6) is 0.341. The quantitative estimate of drug-likeness (QED) is 0.430. The maximum Gasteiger partial charge on any atom is 0.0705 e. The van der Waals surface area contributed by atoms with Crippen LogP contribution in [0.25, 0.3) is 33.2 Å². The molecule has 0 amide bonds. The van der Waals surface area contributed by atoms with Crippen LogP contribution in [0.4, 0.5) is 0 Å². The summed E-state index contributed by atoms with van der Waals surface area (Å²) >= 11 is 0. The molecule has 0 aromatic carbocycles. The van der Waals surface area contributed by atoms with Gasteiger partial charge in [-0.25, -0.2) is 4.98 Å². The SMILES string of the molecule is CCC1=C(C)c2cc3[nH]c(cc4nc(c(C)c5cc(C)c(cc1n2)[nH]5)CC4C)c(C)c3CO. The maximum absolute atomic E-state index is 10.1. The summed E-state index contributed by atoms with van der Waals surface area (Å²) in [6.07, 6.45) is 1.84. The predicted octanol–water partition coefficient (Wildman–Crippen LogP) is 6.42. The van der Waals surface area contributed by atoms with E-state index < -0.39 is 0 Å².